The smallest absolute Gasteiger partial charge is 0.178 e. The largest absolute Gasteiger partial charge is 0.362 e. The Kier molecular flexibility index (Phi) is 3.88. The summed E-state index contributed by atoms with van der Waals surface area (Å²) >= 11 is 0. The van der Waals surface area contributed by atoms with E-state index in [2.05, 4.69) is 20.0 Å². The van der Waals surface area contributed by atoms with Crippen molar-refractivity contribution in [3.63, 3.8) is 0 Å². The minimum absolute atomic E-state index is 0.205. The summed E-state index contributed by atoms with van der Waals surface area (Å²) in [5.74, 6) is 0.205. The normalized spacial score (nSPS) is 17.2. The van der Waals surface area contributed by atoms with E-state index in [-0.39, 0.29) is 5.78 Å². The van der Waals surface area contributed by atoms with Gasteiger partial charge in [-0.3, -0.25) is 9.69 Å². The topological polar surface area (TPSA) is 66.8 Å². The summed E-state index contributed by atoms with van der Waals surface area (Å²) in [7, 11) is 0. The van der Waals surface area contributed by atoms with Crippen LogP contribution in [0.15, 0.2) is 18.7 Å². The van der Waals surface area contributed by atoms with Gasteiger partial charge in [-0.25, -0.2) is 9.67 Å². The summed E-state index contributed by atoms with van der Waals surface area (Å²) < 4.78 is 1.93. The van der Waals surface area contributed by atoms with Crippen LogP contribution >= 0.6 is 0 Å². The zero-order valence-corrected chi connectivity index (χ0v) is 12.5. The number of ketones is 1. The molecule has 0 atom stereocenters. The molecule has 1 aliphatic heterocycles. The van der Waals surface area contributed by atoms with Crippen LogP contribution in [0.25, 0.3) is 0 Å². The average molecular weight is 287 g/mol. The van der Waals surface area contributed by atoms with Crippen molar-refractivity contribution in [1.29, 1.82) is 0 Å². The Balaban J connectivity index is 1.56. The Morgan fingerprint density at radius 2 is 2.14 bits per heavy atom. The van der Waals surface area contributed by atoms with E-state index in [0.29, 0.717) is 12.6 Å². The molecule has 2 aromatic rings. The molecule has 3 rings (SSSR count). The SMILES string of the molecule is Cc1cc(C(=O)CN2CCC(n3cncn3)CC2)c(C)[nH]1. The zero-order chi connectivity index (χ0) is 14.8. The molecule has 6 nitrogen and oxygen atoms in total. The van der Waals surface area contributed by atoms with Crippen LogP contribution in [0.2, 0.25) is 0 Å². The first kappa shape index (κ1) is 14.0. The third-order valence-electron chi connectivity index (χ3n) is 4.18. The highest BCUT2D eigenvalue weighted by molar-refractivity contribution is 5.98. The Morgan fingerprint density at radius 1 is 1.38 bits per heavy atom. The fourth-order valence-corrected chi connectivity index (χ4v) is 3.05. The predicted molar refractivity (Wildman–Crippen MR) is 79.3 cm³/mol. The van der Waals surface area contributed by atoms with Crippen LogP contribution in [0.4, 0.5) is 0 Å². The van der Waals surface area contributed by atoms with Crippen molar-refractivity contribution in [1.82, 2.24) is 24.6 Å². The van der Waals surface area contributed by atoms with E-state index in [0.717, 1.165) is 42.9 Å². The van der Waals surface area contributed by atoms with Gasteiger partial charge in [-0.1, -0.05) is 0 Å². The minimum Gasteiger partial charge on any atom is -0.362 e. The second-order valence-electron chi connectivity index (χ2n) is 5.80. The summed E-state index contributed by atoms with van der Waals surface area (Å²) in [6.07, 6.45) is 5.38. The second-order valence-corrected chi connectivity index (χ2v) is 5.80. The summed E-state index contributed by atoms with van der Waals surface area (Å²) in [4.78, 5) is 21.8. The maximum Gasteiger partial charge on any atom is 0.178 e. The van der Waals surface area contributed by atoms with Gasteiger partial charge in [0.1, 0.15) is 12.7 Å². The lowest BCUT2D eigenvalue weighted by atomic mass is 10.0. The minimum atomic E-state index is 0.205. The Hall–Kier alpha value is -1.95. The second kappa shape index (κ2) is 5.81. The molecule has 2 aromatic heterocycles. The molecule has 1 fully saturated rings. The van der Waals surface area contributed by atoms with Gasteiger partial charge in [0.05, 0.1) is 12.6 Å². The molecule has 1 saturated heterocycles. The number of piperidine rings is 1. The number of rotatable bonds is 4. The van der Waals surface area contributed by atoms with Crippen LogP contribution in [-0.2, 0) is 0 Å². The maximum absolute atomic E-state index is 12.4. The molecule has 112 valence electrons. The molecule has 0 unspecified atom stereocenters. The van der Waals surface area contributed by atoms with Crippen molar-refractivity contribution in [2.45, 2.75) is 32.7 Å². The molecule has 0 radical (unpaired) electrons. The van der Waals surface area contributed by atoms with Gasteiger partial charge in [0, 0.05) is 30.0 Å². The van der Waals surface area contributed by atoms with Gasteiger partial charge in [0.25, 0.3) is 0 Å². The quantitative estimate of drug-likeness (QED) is 0.870. The van der Waals surface area contributed by atoms with E-state index in [4.69, 9.17) is 0 Å². The third kappa shape index (κ3) is 3.05. The van der Waals surface area contributed by atoms with Gasteiger partial charge in [-0.15, -0.1) is 0 Å². The Labute approximate surface area is 124 Å². The van der Waals surface area contributed by atoms with E-state index in [1.807, 2.05) is 24.6 Å². The van der Waals surface area contributed by atoms with Crippen molar-refractivity contribution in [3.05, 3.63) is 35.7 Å². The first-order chi connectivity index (χ1) is 10.1. The molecule has 0 saturated carbocycles. The number of carbonyl (C=O) groups is 1. The Morgan fingerprint density at radius 3 is 2.71 bits per heavy atom. The summed E-state index contributed by atoms with van der Waals surface area (Å²) in [6.45, 7) is 6.30. The Bertz CT molecular complexity index is 608. The molecule has 0 aromatic carbocycles. The summed E-state index contributed by atoms with van der Waals surface area (Å²) in [5.41, 5.74) is 2.83. The van der Waals surface area contributed by atoms with Crippen LogP contribution in [0.1, 0.15) is 40.6 Å². The van der Waals surface area contributed by atoms with Crippen molar-refractivity contribution in [3.8, 4) is 0 Å². The van der Waals surface area contributed by atoms with Crippen LogP contribution in [0.3, 0.4) is 0 Å². The van der Waals surface area contributed by atoms with Gasteiger partial charge in [-0.05, 0) is 32.8 Å². The summed E-state index contributed by atoms with van der Waals surface area (Å²) in [6, 6.07) is 2.36. The van der Waals surface area contributed by atoms with E-state index >= 15 is 0 Å². The van der Waals surface area contributed by atoms with Crippen molar-refractivity contribution in [2.75, 3.05) is 19.6 Å². The molecule has 0 amide bonds. The molecule has 1 N–H and O–H groups in total. The van der Waals surface area contributed by atoms with Crippen molar-refractivity contribution < 1.29 is 4.79 Å². The monoisotopic (exact) mass is 287 g/mol. The molecule has 0 bridgehead atoms. The number of Topliss-reactive ketones (excluding diaryl/α,β-unsaturated/α-hetero) is 1. The van der Waals surface area contributed by atoms with Crippen LogP contribution in [-0.4, -0.2) is 50.1 Å². The lowest BCUT2D eigenvalue weighted by Crippen LogP contribution is -2.38. The number of nitrogens with zero attached hydrogens (tertiary/aromatic N) is 4. The number of nitrogens with one attached hydrogen (secondary N) is 1. The van der Waals surface area contributed by atoms with Gasteiger partial charge in [-0.2, -0.15) is 5.10 Å². The molecule has 3 heterocycles. The first-order valence-electron chi connectivity index (χ1n) is 7.39. The third-order valence-corrected chi connectivity index (χ3v) is 4.18. The lowest BCUT2D eigenvalue weighted by Gasteiger charge is -2.31. The lowest BCUT2D eigenvalue weighted by molar-refractivity contribution is 0.0894. The molecule has 0 spiro atoms. The van der Waals surface area contributed by atoms with Crippen LogP contribution in [0.5, 0.6) is 0 Å². The highest BCUT2D eigenvalue weighted by Crippen LogP contribution is 2.21. The molecule has 0 aliphatic carbocycles. The van der Waals surface area contributed by atoms with E-state index in [9.17, 15) is 4.79 Å². The highest BCUT2D eigenvalue weighted by atomic mass is 16.1. The molecular formula is C15H21N5O. The van der Waals surface area contributed by atoms with E-state index in [1.54, 1.807) is 12.7 Å². The van der Waals surface area contributed by atoms with Gasteiger partial charge in [0.15, 0.2) is 5.78 Å². The van der Waals surface area contributed by atoms with Gasteiger partial charge < -0.3 is 4.98 Å². The number of likely N-dealkylation sites (tertiary alicyclic amines) is 1. The maximum atomic E-state index is 12.4. The predicted octanol–water partition coefficient (Wildman–Crippen LogP) is 1.74. The van der Waals surface area contributed by atoms with E-state index < -0.39 is 0 Å². The first-order valence-corrected chi connectivity index (χ1v) is 7.39. The molecular weight excluding hydrogens is 266 g/mol. The number of carbonyl (C=O) groups excluding carboxylic acids is 1. The van der Waals surface area contributed by atoms with Gasteiger partial charge >= 0.3 is 0 Å². The highest BCUT2D eigenvalue weighted by Gasteiger charge is 2.23. The number of hydrogen-bond acceptors (Lipinski definition) is 4. The number of aromatic nitrogens is 4. The number of hydrogen-bond donors (Lipinski definition) is 1. The van der Waals surface area contributed by atoms with E-state index in [1.165, 1.54) is 0 Å². The fraction of sp³-hybridized carbons (Fsp3) is 0.533. The molecule has 21 heavy (non-hydrogen) atoms. The van der Waals surface area contributed by atoms with Crippen LogP contribution in [0, 0.1) is 13.8 Å². The number of aromatic amines is 1. The number of aryl methyl sites for hydroxylation is 2. The van der Waals surface area contributed by atoms with Crippen molar-refractivity contribution in [2.24, 2.45) is 0 Å². The standard InChI is InChI=1S/C15H21N5O/c1-11-7-14(12(2)18-11)15(21)8-19-5-3-13(4-6-19)20-10-16-9-17-20/h7,9-10,13,18H,3-6,8H2,1-2H3. The molecule has 1 aliphatic rings. The average Bonchev–Trinajstić information content (AvgIpc) is 3.09. The van der Waals surface area contributed by atoms with Gasteiger partial charge in [0.2, 0.25) is 0 Å². The van der Waals surface area contributed by atoms with Crippen LogP contribution < -0.4 is 0 Å². The summed E-state index contributed by atoms with van der Waals surface area (Å²) in [5, 5.41) is 4.20. The molecule has 6 heteroatoms. The number of H-pyrrole nitrogens is 1. The fourth-order valence-electron chi connectivity index (χ4n) is 3.05. The zero-order valence-electron chi connectivity index (χ0n) is 12.5. The van der Waals surface area contributed by atoms with Crippen molar-refractivity contribution >= 4 is 5.78 Å².